The summed E-state index contributed by atoms with van der Waals surface area (Å²) in [5, 5.41) is 3.16. The summed E-state index contributed by atoms with van der Waals surface area (Å²) in [5.41, 5.74) is 5.94. The highest BCUT2D eigenvalue weighted by molar-refractivity contribution is 6.36. The molecule has 0 fully saturated rings. The van der Waals surface area contributed by atoms with Gasteiger partial charge in [0.2, 0.25) is 0 Å². The summed E-state index contributed by atoms with van der Waals surface area (Å²) in [4.78, 5) is 27.9. The lowest BCUT2D eigenvalue weighted by Gasteiger charge is -2.15. The topological polar surface area (TPSA) is 49.4 Å². The van der Waals surface area contributed by atoms with Crippen molar-refractivity contribution in [2.24, 2.45) is 0 Å². The number of imide groups is 1. The average molecular weight is 414 g/mol. The molecule has 0 saturated heterocycles. The zero-order valence-corrected chi connectivity index (χ0v) is 17.7. The monoisotopic (exact) mass is 414 g/mol. The minimum absolute atomic E-state index is 0.0748. The summed E-state index contributed by atoms with van der Waals surface area (Å²) < 4.78 is 13.3. The molecule has 1 heterocycles. The molecule has 0 radical (unpaired) electrons. The predicted molar refractivity (Wildman–Crippen MR) is 120 cm³/mol. The fourth-order valence-corrected chi connectivity index (χ4v) is 3.55. The number of benzene rings is 3. The minimum Gasteiger partial charge on any atom is -0.350 e. The number of carbonyl (C=O) groups is 2. The molecule has 2 amide bonds. The molecule has 0 aliphatic carbocycles. The van der Waals surface area contributed by atoms with Gasteiger partial charge in [0.1, 0.15) is 11.5 Å². The summed E-state index contributed by atoms with van der Waals surface area (Å²) in [6.45, 7) is 6.04. The van der Waals surface area contributed by atoms with Crippen LogP contribution >= 0.6 is 0 Å². The van der Waals surface area contributed by atoms with E-state index in [0.29, 0.717) is 16.7 Å². The van der Waals surface area contributed by atoms with Crippen LogP contribution in [-0.2, 0) is 16.1 Å². The van der Waals surface area contributed by atoms with Crippen molar-refractivity contribution in [3.63, 3.8) is 0 Å². The van der Waals surface area contributed by atoms with Crippen LogP contribution in [0.15, 0.2) is 72.4 Å². The Balaban J connectivity index is 1.75. The maximum absolute atomic E-state index is 13.4. The molecule has 0 saturated carbocycles. The Bertz CT molecular complexity index is 1200. The first-order valence-electron chi connectivity index (χ1n) is 10.1. The maximum atomic E-state index is 13.4. The highest BCUT2D eigenvalue weighted by Gasteiger charge is 2.39. The number of aryl methyl sites for hydroxylation is 3. The van der Waals surface area contributed by atoms with Gasteiger partial charge in [-0.25, -0.2) is 4.39 Å². The molecule has 4 rings (SSSR count). The van der Waals surface area contributed by atoms with Crippen molar-refractivity contribution in [3.8, 4) is 0 Å². The van der Waals surface area contributed by atoms with E-state index >= 15 is 0 Å². The summed E-state index contributed by atoms with van der Waals surface area (Å²) in [7, 11) is 0. The molecule has 31 heavy (non-hydrogen) atoms. The van der Waals surface area contributed by atoms with Gasteiger partial charge in [-0.15, -0.1) is 0 Å². The number of hydrogen-bond donors (Lipinski definition) is 1. The van der Waals surface area contributed by atoms with Gasteiger partial charge in [0.25, 0.3) is 11.8 Å². The van der Waals surface area contributed by atoms with Crippen LogP contribution in [-0.4, -0.2) is 16.7 Å². The molecule has 0 spiro atoms. The molecule has 1 N–H and O–H groups in total. The third kappa shape index (κ3) is 4.12. The van der Waals surface area contributed by atoms with E-state index in [1.54, 1.807) is 12.1 Å². The predicted octanol–water partition coefficient (Wildman–Crippen LogP) is 5.14. The molecule has 3 aromatic carbocycles. The van der Waals surface area contributed by atoms with Crippen LogP contribution in [0.1, 0.15) is 27.8 Å². The number of nitrogens with zero attached hydrogens (tertiary/aromatic N) is 1. The molecular weight excluding hydrogens is 391 g/mol. The minimum atomic E-state index is -0.400. The van der Waals surface area contributed by atoms with Gasteiger partial charge in [0.15, 0.2) is 0 Å². The van der Waals surface area contributed by atoms with E-state index in [0.717, 1.165) is 22.4 Å². The maximum Gasteiger partial charge on any atom is 0.278 e. The van der Waals surface area contributed by atoms with Gasteiger partial charge >= 0.3 is 0 Å². The Morgan fingerprint density at radius 1 is 0.806 bits per heavy atom. The number of hydrogen-bond acceptors (Lipinski definition) is 3. The Kier molecular flexibility index (Phi) is 5.42. The van der Waals surface area contributed by atoms with Crippen molar-refractivity contribution < 1.29 is 14.0 Å². The lowest BCUT2D eigenvalue weighted by Crippen LogP contribution is -2.32. The van der Waals surface area contributed by atoms with E-state index in [1.807, 2.05) is 63.2 Å². The van der Waals surface area contributed by atoms with Crippen LogP contribution in [0.25, 0.3) is 5.57 Å². The van der Waals surface area contributed by atoms with Crippen molar-refractivity contribution >= 4 is 23.1 Å². The second-order valence-electron chi connectivity index (χ2n) is 7.86. The Hall–Kier alpha value is -3.73. The highest BCUT2D eigenvalue weighted by atomic mass is 19.1. The number of nitrogens with one attached hydrogen (secondary N) is 1. The van der Waals surface area contributed by atoms with Gasteiger partial charge < -0.3 is 5.32 Å². The SMILES string of the molecule is Cc1ccc(NC2=C(c3ccc(C)c(C)c3)C(=O)N(Cc3ccc(F)cc3)C2=O)cc1. The van der Waals surface area contributed by atoms with Gasteiger partial charge in [0, 0.05) is 5.69 Å². The fraction of sp³-hybridized carbons (Fsp3) is 0.154. The van der Waals surface area contributed by atoms with E-state index in [4.69, 9.17) is 0 Å². The van der Waals surface area contributed by atoms with Gasteiger partial charge in [0.05, 0.1) is 12.1 Å². The molecule has 4 nitrogen and oxygen atoms in total. The van der Waals surface area contributed by atoms with E-state index in [1.165, 1.54) is 17.0 Å². The first kappa shape index (κ1) is 20.5. The molecule has 0 atom stereocenters. The van der Waals surface area contributed by atoms with Gasteiger partial charge in [-0.1, -0.05) is 48.0 Å². The van der Waals surface area contributed by atoms with E-state index in [2.05, 4.69) is 5.32 Å². The van der Waals surface area contributed by atoms with Crippen LogP contribution in [0.5, 0.6) is 0 Å². The molecule has 156 valence electrons. The molecule has 1 aliphatic rings. The van der Waals surface area contributed by atoms with Crippen LogP contribution in [0.2, 0.25) is 0 Å². The molecule has 3 aromatic rings. The summed E-state index contributed by atoms with van der Waals surface area (Å²) in [6, 6.07) is 19.2. The molecule has 0 aromatic heterocycles. The number of halogens is 1. The van der Waals surface area contributed by atoms with Crippen molar-refractivity contribution in [3.05, 3.63) is 106 Å². The van der Waals surface area contributed by atoms with Crippen LogP contribution in [0, 0.1) is 26.6 Å². The fourth-order valence-electron chi connectivity index (χ4n) is 3.55. The van der Waals surface area contributed by atoms with E-state index in [9.17, 15) is 14.0 Å². The van der Waals surface area contributed by atoms with Gasteiger partial charge in [-0.3, -0.25) is 14.5 Å². The number of rotatable bonds is 5. The molecule has 0 unspecified atom stereocenters. The summed E-state index contributed by atoms with van der Waals surface area (Å²) in [5.74, 6) is -1.13. The van der Waals surface area contributed by atoms with E-state index < -0.39 is 5.91 Å². The zero-order valence-electron chi connectivity index (χ0n) is 17.7. The van der Waals surface area contributed by atoms with E-state index in [-0.39, 0.29) is 24.0 Å². The quantitative estimate of drug-likeness (QED) is 0.588. The first-order chi connectivity index (χ1) is 14.8. The first-order valence-corrected chi connectivity index (χ1v) is 10.1. The number of anilines is 1. The standard InChI is InChI=1S/C26H23FN2O2/c1-16-4-12-22(13-5-16)28-24-23(20-9-6-17(2)18(3)14-20)25(30)29(26(24)31)15-19-7-10-21(27)11-8-19/h4-14,28H,15H2,1-3H3. The van der Waals surface area contributed by atoms with Crippen LogP contribution in [0.4, 0.5) is 10.1 Å². The van der Waals surface area contributed by atoms with Crippen molar-refractivity contribution in [1.82, 2.24) is 4.90 Å². The average Bonchev–Trinajstić information content (AvgIpc) is 2.97. The molecule has 5 heteroatoms. The lowest BCUT2D eigenvalue weighted by atomic mass is 9.99. The van der Waals surface area contributed by atoms with Crippen LogP contribution in [0.3, 0.4) is 0 Å². The lowest BCUT2D eigenvalue weighted by molar-refractivity contribution is -0.137. The normalized spacial score (nSPS) is 13.9. The third-order valence-electron chi connectivity index (χ3n) is 5.54. The summed E-state index contributed by atoms with van der Waals surface area (Å²) >= 11 is 0. The largest absolute Gasteiger partial charge is 0.350 e. The van der Waals surface area contributed by atoms with Crippen molar-refractivity contribution in [2.45, 2.75) is 27.3 Å². The smallest absolute Gasteiger partial charge is 0.278 e. The Morgan fingerprint density at radius 3 is 2.13 bits per heavy atom. The van der Waals surface area contributed by atoms with Gasteiger partial charge in [-0.2, -0.15) is 0 Å². The summed E-state index contributed by atoms with van der Waals surface area (Å²) in [6.07, 6.45) is 0. The molecule has 1 aliphatic heterocycles. The van der Waals surface area contributed by atoms with Gasteiger partial charge in [-0.05, 0) is 67.3 Å². The Labute approximate surface area is 181 Å². The Morgan fingerprint density at radius 2 is 1.48 bits per heavy atom. The number of amides is 2. The second-order valence-corrected chi connectivity index (χ2v) is 7.86. The third-order valence-corrected chi connectivity index (χ3v) is 5.54. The number of carbonyl (C=O) groups excluding carboxylic acids is 2. The highest BCUT2D eigenvalue weighted by Crippen LogP contribution is 2.32. The second kappa shape index (κ2) is 8.19. The van der Waals surface area contributed by atoms with Crippen molar-refractivity contribution in [1.29, 1.82) is 0 Å². The molecule has 0 bridgehead atoms. The zero-order chi connectivity index (χ0) is 22.1. The van der Waals surface area contributed by atoms with Crippen molar-refractivity contribution in [2.75, 3.05) is 5.32 Å². The van der Waals surface area contributed by atoms with Crippen LogP contribution < -0.4 is 5.32 Å². The molecular formula is C26H23FN2O2.